The van der Waals surface area contributed by atoms with Crippen LogP contribution in [0.25, 0.3) is 0 Å². The second-order valence-electron chi connectivity index (χ2n) is 7.75. The minimum atomic E-state index is -0.851. The first kappa shape index (κ1) is 17.2. The molecule has 5 nitrogen and oxygen atoms in total. The van der Waals surface area contributed by atoms with E-state index < -0.39 is 29.5 Å². The maximum Gasteiger partial charge on any atom is 0.338 e. The lowest BCUT2D eigenvalue weighted by Gasteiger charge is -2.51. The van der Waals surface area contributed by atoms with Crippen molar-refractivity contribution in [2.45, 2.75) is 18.1 Å². The van der Waals surface area contributed by atoms with Crippen LogP contribution in [0, 0.1) is 17.3 Å². The number of hydrogen-bond acceptors (Lipinski definition) is 5. The van der Waals surface area contributed by atoms with Crippen molar-refractivity contribution in [2.24, 2.45) is 17.3 Å². The third-order valence-electron chi connectivity index (χ3n) is 6.36. The van der Waals surface area contributed by atoms with Gasteiger partial charge < -0.3 is 14.6 Å². The van der Waals surface area contributed by atoms with Gasteiger partial charge in [0, 0.05) is 11.8 Å². The predicted molar refractivity (Wildman–Crippen MR) is 100 cm³/mol. The molecule has 2 aromatic rings. The van der Waals surface area contributed by atoms with Crippen LogP contribution < -0.4 is 0 Å². The average Bonchev–Trinajstić information content (AvgIpc) is 3.00. The van der Waals surface area contributed by atoms with Gasteiger partial charge in [-0.1, -0.05) is 60.7 Å². The minimum Gasteiger partial charge on any atom is -0.461 e. The summed E-state index contributed by atoms with van der Waals surface area (Å²) in [4.78, 5) is 25.3. The molecule has 6 atom stereocenters. The Morgan fingerprint density at radius 3 is 2.46 bits per heavy atom. The number of ether oxygens (including phenoxy) is 2. The summed E-state index contributed by atoms with van der Waals surface area (Å²) in [6, 6.07) is 18.4. The van der Waals surface area contributed by atoms with Gasteiger partial charge >= 0.3 is 11.9 Å². The van der Waals surface area contributed by atoms with Crippen LogP contribution >= 0.6 is 0 Å². The van der Waals surface area contributed by atoms with E-state index >= 15 is 0 Å². The minimum absolute atomic E-state index is 0.00852. The second-order valence-corrected chi connectivity index (χ2v) is 7.75. The Balaban J connectivity index is 1.50. The number of aliphatic hydroxyl groups excluding tert-OH is 1. The van der Waals surface area contributed by atoms with Crippen LogP contribution in [0.15, 0.2) is 72.8 Å². The van der Waals surface area contributed by atoms with Crippen molar-refractivity contribution in [3.05, 3.63) is 83.9 Å². The quantitative estimate of drug-likeness (QED) is 0.656. The van der Waals surface area contributed by atoms with Gasteiger partial charge in [-0.05, 0) is 17.7 Å². The fourth-order valence-corrected chi connectivity index (χ4v) is 5.09. The molecule has 1 aliphatic heterocycles. The summed E-state index contributed by atoms with van der Waals surface area (Å²) in [7, 11) is 0. The van der Waals surface area contributed by atoms with Crippen LogP contribution in [0.2, 0.25) is 0 Å². The highest BCUT2D eigenvalue weighted by Crippen LogP contribution is 2.61. The smallest absolute Gasteiger partial charge is 0.338 e. The normalized spacial score (nSPS) is 34.9. The van der Waals surface area contributed by atoms with Crippen molar-refractivity contribution in [1.82, 2.24) is 0 Å². The fourth-order valence-electron chi connectivity index (χ4n) is 5.09. The van der Waals surface area contributed by atoms with E-state index in [4.69, 9.17) is 9.47 Å². The molecule has 6 rings (SSSR count). The molecule has 3 aliphatic carbocycles. The number of hydrogen-bond donors (Lipinski definition) is 1. The Kier molecular flexibility index (Phi) is 3.88. The van der Waals surface area contributed by atoms with Gasteiger partial charge in [0.1, 0.15) is 12.7 Å². The highest BCUT2D eigenvalue weighted by molar-refractivity contribution is 5.89. The van der Waals surface area contributed by atoms with E-state index in [0.29, 0.717) is 5.56 Å². The third-order valence-corrected chi connectivity index (χ3v) is 6.36. The van der Waals surface area contributed by atoms with Crippen LogP contribution in [-0.4, -0.2) is 35.9 Å². The standard InChI is InChI=1S/C23H20O5/c24-19-16-11-12-23(13-27-21(25)15-9-5-2-6-10-15)18(22(26)28-20(19)23)17(16)14-7-3-1-4-8-14/h1-12,16-20,24H,13H2/t16-,17+,18+,19-,20+,23-/m1/s1. The first-order valence-electron chi connectivity index (χ1n) is 9.47. The molecule has 0 amide bonds. The van der Waals surface area contributed by atoms with E-state index in [-0.39, 0.29) is 24.4 Å². The highest BCUT2D eigenvalue weighted by atomic mass is 16.6. The Bertz CT molecular complexity index is 938. The van der Waals surface area contributed by atoms with E-state index in [9.17, 15) is 14.7 Å². The van der Waals surface area contributed by atoms with Crippen LogP contribution in [0.4, 0.5) is 0 Å². The molecular weight excluding hydrogens is 356 g/mol. The molecule has 0 radical (unpaired) electrons. The van der Waals surface area contributed by atoms with Gasteiger partial charge in [-0.3, -0.25) is 4.79 Å². The molecular formula is C23H20O5. The number of carbonyl (C=O) groups excluding carboxylic acids is 2. The first-order chi connectivity index (χ1) is 13.6. The predicted octanol–water partition coefficient (Wildman–Crippen LogP) is 2.72. The van der Waals surface area contributed by atoms with Crippen molar-refractivity contribution in [2.75, 3.05) is 6.61 Å². The fraction of sp³-hybridized carbons (Fsp3) is 0.304. The van der Waals surface area contributed by atoms with Crippen molar-refractivity contribution >= 4 is 11.9 Å². The zero-order chi connectivity index (χ0) is 19.3. The number of esters is 2. The van der Waals surface area contributed by atoms with E-state index in [1.54, 1.807) is 24.3 Å². The Labute approximate surface area is 162 Å². The number of carbonyl (C=O) groups is 2. The summed E-state index contributed by atoms with van der Waals surface area (Å²) in [6.45, 7) is -0.00852. The van der Waals surface area contributed by atoms with Crippen molar-refractivity contribution in [3.8, 4) is 0 Å². The zero-order valence-electron chi connectivity index (χ0n) is 15.1. The molecule has 28 heavy (non-hydrogen) atoms. The van der Waals surface area contributed by atoms with Crippen LogP contribution in [0.1, 0.15) is 21.8 Å². The van der Waals surface area contributed by atoms with Crippen LogP contribution in [0.3, 0.4) is 0 Å². The SMILES string of the molecule is O=C(OC[C@@]12C=C[C@H]3[C@@H](O)[C@@H]1OC(=O)[C@@H]2[C@H]3c1ccccc1)c1ccccc1. The van der Waals surface area contributed by atoms with Crippen LogP contribution in [0.5, 0.6) is 0 Å². The molecule has 1 heterocycles. The van der Waals surface area contributed by atoms with Gasteiger partial charge in [0.2, 0.25) is 0 Å². The highest BCUT2D eigenvalue weighted by Gasteiger charge is 2.69. The average molecular weight is 376 g/mol. The van der Waals surface area contributed by atoms with Gasteiger partial charge in [0.05, 0.1) is 23.0 Å². The molecule has 142 valence electrons. The summed E-state index contributed by atoms with van der Waals surface area (Å²) in [5.41, 5.74) is 0.583. The first-order valence-corrected chi connectivity index (χ1v) is 9.47. The van der Waals surface area contributed by atoms with Crippen molar-refractivity contribution in [3.63, 3.8) is 0 Å². The lowest BCUT2D eigenvalue weighted by molar-refractivity contribution is -0.147. The lowest BCUT2D eigenvalue weighted by atomic mass is 9.52. The third kappa shape index (κ3) is 2.36. The molecule has 4 bridgehead atoms. The van der Waals surface area contributed by atoms with Gasteiger partial charge in [-0.15, -0.1) is 0 Å². The van der Waals surface area contributed by atoms with E-state index in [1.165, 1.54) is 0 Å². The molecule has 0 unspecified atom stereocenters. The molecule has 1 N–H and O–H groups in total. The Morgan fingerprint density at radius 1 is 1.07 bits per heavy atom. The lowest BCUT2D eigenvalue weighted by Crippen LogP contribution is -2.58. The summed E-state index contributed by atoms with van der Waals surface area (Å²) in [5, 5.41) is 10.9. The number of benzene rings is 2. The molecule has 0 aromatic heterocycles. The Morgan fingerprint density at radius 2 is 1.75 bits per heavy atom. The summed E-state index contributed by atoms with van der Waals surface area (Å²) < 4.78 is 11.2. The molecule has 5 heteroatoms. The molecule has 1 saturated carbocycles. The molecule has 0 spiro atoms. The zero-order valence-corrected chi connectivity index (χ0v) is 15.1. The van der Waals surface area contributed by atoms with E-state index in [1.807, 2.05) is 48.6 Å². The second kappa shape index (κ2) is 6.31. The molecule has 2 fully saturated rings. The van der Waals surface area contributed by atoms with Gasteiger partial charge in [0.15, 0.2) is 0 Å². The molecule has 4 aliphatic rings. The maximum absolute atomic E-state index is 12.8. The van der Waals surface area contributed by atoms with Crippen molar-refractivity contribution in [1.29, 1.82) is 0 Å². The van der Waals surface area contributed by atoms with E-state index in [0.717, 1.165) is 5.56 Å². The summed E-state index contributed by atoms with van der Waals surface area (Å²) >= 11 is 0. The monoisotopic (exact) mass is 376 g/mol. The Hall–Kier alpha value is -2.92. The number of rotatable bonds is 4. The molecule has 1 saturated heterocycles. The topological polar surface area (TPSA) is 72.8 Å². The summed E-state index contributed by atoms with van der Waals surface area (Å²) in [5.74, 6) is -1.67. The van der Waals surface area contributed by atoms with Gasteiger partial charge in [-0.2, -0.15) is 0 Å². The van der Waals surface area contributed by atoms with Gasteiger partial charge in [0.25, 0.3) is 0 Å². The van der Waals surface area contributed by atoms with Crippen molar-refractivity contribution < 1.29 is 24.2 Å². The largest absolute Gasteiger partial charge is 0.461 e. The molecule has 2 aromatic carbocycles. The van der Waals surface area contributed by atoms with Crippen LogP contribution in [-0.2, 0) is 14.3 Å². The summed E-state index contributed by atoms with van der Waals surface area (Å²) in [6.07, 6.45) is 2.35. The maximum atomic E-state index is 12.8. The number of aliphatic hydroxyl groups is 1. The van der Waals surface area contributed by atoms with E-state index in [2.05, 4.69) is 0 Å². The van der Waals surface area contributed by atoms with Gasteiger partial charge in [-0.25, -0.2) is 4.79 Å².